The van der Waals surface area contributed by atoms with E-state index in [2.05, 4.69) is 10.6 Å². The molecular formula is C17H15F2N3O2. The molecule has 0 aromatic heterocycles. The molecule has 0 unspecified atom stereocenters. The van der Waals surface area contributed by atoms with E-state index in [1.165, 1.54) is 6.07 Å². The number of urea groups is 1. The van der Waals surface area contributed by atoms with Crippen LogP contribution in [0.1, 0.15) is 11.1 Å². The Bertz CT molecular complexity index is 760. The molecule has 0 spiro atoms. The summed E-state index contributed by atoms with van der Waals surface area (Å²) in [5, 5.41) is 14.0. The molecule has 0 atom stereocenters. The third kappa shape index (κ3) is 5.25. The number of nitrogens with zero attached hydrogens (tertiary/aromatic N) is 1. The number of carbonyl (C=O) groups is 1. The van der Waals surface area contributed by atoms with E-state index >= 15 is 0 Å². The summed E-state index contributed by atoms with van der Waals surface area (Å²) >= 11 is 0. The van der Waals surface area contributed by atoms with Crippen LogP contribution < -0.4 is 15.4 Å². The van der Waals surface area contributed by atoms with E-state index < -0.39 is 17.7 Å². The zero-order valence-electron chi connectivity index (χ0n) is 12.7. The Balaban J connectivity index is 1.69. The van der Waals surface area contributed by atoms with Crippen molar-refractivity contribution in [1.29, 1.82) is 5.26 Å². The lowest BCUT2D eigenvalue weighted by Gasteiger charge is -2.10. The van der Waals surface area contributed by atoms with Gasteiger partial charge in [-0.25, -0.2) is 13.6 Å². The predicted octanol–water partition coefficient (Wildman–Crippen LogP) is 2.71. The van der Waals surface area contributed by atoms with Gasteiger partial charge in [0.2, 0.25) is 0 Å². The number of halogens is 2. The highest BCUT2D eigenvalue weighted by atomic mass is 19.1. The maximum Gasteiger partial charge on any atom is 0.315 e. The molecule has 24 heavy (non-hydrogen) atoms. The molecule has 0 radical (unpaired) electrons. The normalized spacial score (nSPS) is 9.88. The SMILES string of the molecule is N#Cc1cccc(CNC(=O)NCCOc2ccc(F)cc2F)c1. The Hall–Kier alpha value is -3.14. The zero-order valence-corrected chi connectivity index (χ0v) is 12.7. The molecule has 2 aromatic carbocycles. The van der Waals surface area contributed by atoms with Gasteiger partial charge >= 0.3 is 6.03 Å². The largest absolute Gasteiger partial charge is 0.489 e. The topological polar surface area (TPSA) is 74.2 Å². The molecule has 0 bridgehead atoms. The number of rotatable bonds is 6. The Kier molecular flexibility index (Phi) is 6.08. The van der Waals surface area contributed by atoms with Crippen molar-refractivity contribution in [2.45, 2.75) is 6.54 Å². The van der Waals surface area contributed by atoms with E-state index in [0.717, 1.165) is 17.7 Å². The van der Waals surface area contributed by atoms with Crippen molar-refractivity contribution in [2.75, 3.05) is 13.2 Å². The van der Waals surface area contributed by atoms with E-state index in [1.807, 2.05) is 6.07 Å². The summed E-state index contributed by atoms with van der Waals surface area (Å²) in [7, 11) is 0. The van der Waals surface area contributed by atoms with Crippen LogP contribution in [-0.2, 0) is 6.54 Å². The van der Waals surface area contributed by atoms with Crippen molar-refractivity contribution in [3.8, 4) is 11.8 Å². The molecule has 2 rings (SSSR count). The smallest absolute Gasteiger partial charge is 0.315 e. The number of hydrogen-bond acceptors (Lipinski definition) is 3. The standard InChI is InChI=1S/C17H15F2N3O2/c18-14-4-5-16(15(19)9-14)24-7-6-21-17(23)22-11-13-3-1-2-12(8-13)10-20/h1-5,8-9H,6-7,11H2,(H2,21,22,23). The van der Waals surface area contributed by atoms with Crippen molar-refractivity contribution >= 4 is 6.03 Å². The van der Waals surface area contributed by atoms with Gasteiger partial charge in [-0.05, 0) is 29.8 Å². The molecule has 2 N–H and O–H groups in total. The fraction of sp³-hybridized carbons (Fsp3) is 0.176. The summed E-state index contributed by atoms with van der Waals surface area (Å²) in [5.74, 6) is -1.55. The third-order valence-corrected chi connectivity index (χ3v) is 3.05. The lowest BCUT2D eigenvalue weighted by molar-refractivity contribution is 0.235. The van der Waals surface area contributed by atoms with Gasteiger partial charge in [0.1, 0.15) is 12.4 Å². The number of nitriles is 1. The molecule has 124 valence electrons. The molecule has 0 aliphatic carbocycles. The molecule has 0 aliphatic rings. The van der Waals surface area contributed by atoms with Crippen LogP contribution in [0.3, 0.4) is 0 Å². The second-order valence-electron chi connectivity index (χ2n) is 4.84. The molecular weight excluding hydrogens is 316 g/mol. The summed E-state index contributed by atoms with van der Waals surface area (Å²) in [5.41, 5.74) is 1.32. The highest BCUT2D eigenvalue weighted by Crippen LogP contribution is 2.17. The molecule has 0 saturated carbocycles. The Morgan fingerprint density at radius 1 is 1.17 bits per heavy atom. The Morgan fingerprint density at radius 2 is 2.00 bits per heavy atom. The van der Waals surface area contributed by atoms with Crippen molar-refractivity contribution < 1.29 is 18.3 Å². The summed E-state index contributed by atoms with van der Waals surface area (Å²) in [6, 6.07) is 11.5. The van der Waals surface area contributed by atoms with Crippen molar-refractivity contribution in [3.05, 3.63) is 65.2 Å². The summed E-state index contributed by atoms with van der Waals surface area (Å²) in [6.07, 6.45) is 0. The number of benzene rings is 2. The first-order valence-corrected chi connectivity index (χ1v) is 7.17. The van der Waals surface area contributed by atoms with E-state index in [1.54, 1.807) is 24.3 Å². The van der Waals surface area contributed by atoms with Gasteiger partial charge in [0.15, 0.2) is 11.6 Å². The van der Waals surface area contributed by atoms with Gasteiger partial charge in [-0.1, -0.05) is 12.1 Å². The maximum absolute atomic E-state index is 13.3. The molecule has 7 heteroatoms. The molecule has 2 aromatic rings. The zero-order chi connectivity index (χ0) is 17.4. The van der Waals surface area contributed by atoms with Gasteiger partial charge in [-0.3, -0.25) is 0 Å². The van der Waals surface area contributed by atoms with E-state index in [0.29, 0.717) is 5.56 Å². The van der Waals surface area contributed by atoms with Crippen LogP contribution in [0.2, 0.25) is 0 Å². The average molecular weight is 331 g/mol. The number of hydrogen-bond donors (Lipinski definition) is 2. The second-order valence-corrected chi connectivity index (χ2v) is 4.84. The van der Waals surface area contributed by atoms with Gasteiger partial charge in [-0.2, -0.15) is 5.26 Å². The minimum Gasteiger partial charge on any atom is -0.489 e. The first-order valence-electron chi connectivity index (χ1n) is 7.17. The van der Waals surface area contributed by atoms with Gasteiger partial charge in [0.25, 0.3) is 0 Å². The van der Waals surface area contributed by atoms with Crippen molar-refractivity contribution in [3.63, 3.8) is 0 Å². The molecule has 2 amide bonds. The number of carbonyl (C=O) groups excluding carboxylic acids is 1. The van der Waals surface area contributed by atoms with E-state index in [-0.39, 0.29) is 25.4 Å². The van der Waals surface area contributed by atoms with Crippen LogP contribution in [-0.4, -0.2) is 19.2 Å². The van der Waals surface area contributed by atoms with Crippen LogP contribution in [0.4, 0.5) is 13.6 Å². The van der Waals surface area contributed by atoms with Gasteiger partial charge in [0, 0.05) is 12.6 Å². The summed E-state index contributed by atoms with van der Waals surface area (Å²) < 4.78 is 31.2. The van der Waals surface area contributed by atoms with Crippen LogP contribution in [0.25, 0.3) is 0 Å². The van der Waals surface area contributed by atoms with Crippen LogP contribution in [0, 0.1) is 23.0 Å². The first kappa shape index (κ1) is 17.2. The number of ether oxygens (including phenoxy) is 1. The van der Waals surface area contributed by atoms with Gasteiger partial charge in [0.05, 0.1) is 18.2 Å². The Labute approximate surface area is 137 Å². The number of amides is 2. The van der Waals surface area contributed by atoms with Crippen molar-refractivity contribution in [2.24, 2.45) is 0 Å². The van der Waals surface area contributed by atoms with Gasteiger partial charge < -0.3 is 15.4 Å². The summed E-state index contributed by atoms with van der Waals surface area (Å²) in [6.45, 7) is 0.468. The monoisotopic (exact) mass is 331 g/mol. The summed E-state index contributed by atoms with van der Waals surface area (Å²) in [4.78, 5) is 11.6. The van der Waals surface area contributed by atoms with E-state index in [9.17, 15) is 13.6 Å². The highest BCUT2D eigenvalue weighted by molar-refractivity contribution is 5.73. The molecule has 5 nitrogen and oxygen atoms in total. The fourth-order valence-electron chi connectivity index (χ4n) is 1.91. The Morgan fingerprint density at radius 3 is 2.75 bits per heavy atom. The molecule has 0 fully saturated rings. The maximum atomic E-state index is 13.3. The van der Waals surface area contributed by atoms with Gasteiger partial charge in [-0.15, -0.1) is 0 Å². The number of nitrogens with one attached hydrogen (secondary N) is 2. The lowest BCUT2D eigenvalue weighted by atomic mass is 10.1. The second kappa shape index (κ2) is 8.48. The third-order valence-electron chi connectivity index (χ3n) is 3.05. The fourth-order valence-corrected chi connectivity index (χ4v) is 1.91. The van der Waals surface area contributed by atoms with E-state index in [4.69, 9.17) is 10.00 Å². The van der Waals surface area contributed by atoms with Crippen LogP contribution in [0.5, 0.6) is 5.75 Å². The predicted molar refractivity (Wildman–Crippen MR) is 83.2 cm³/mol. The highest BCUT2D eigenvalue weighted by Gasteiger charge is 2.05. The van der Waals surface area contributed by atoms with Crippen molar-refractivity contribution in [1.82, 2.24) is 10.6 Å². The molecule has 0 heterocycles. The molecule has 0 aliphatic heterocycles. The van der Waals surface area contributed by atoms with Crippen LogP contribution in [0.15, 0.2) is 42.5 Å². The minimum absolute atomic E-state index is 0.0416. The first-order chi connectivity index (χ1) is 11.6. The molecule has 0 saturated heterocycles. The quantitative estimate of drug-likeness (QED) is 0.799. The van der Waals surface area contributed by atoms with Crippen LogP contribution >= 0.6 is 0 Å². The minimum atomic E-state index is -0.795. The average Bonchev–Trinajstić information content (AvgIpc) is 2.58. The lowest BCUT2D eigenvalue weighted by Crippen LogP contribution is -2.37.